The van der Waals surface area contributed by atoms with Gasteiger partial charge >= 0.3 is 0 Å². The molecule has 1 aliphatic heterocycles. The lowest BCUT2D eigenvalue weighted by atomic mass is 10.1. The number of imidazole rings is 1. The van der Waals surface area contributed by atoms with Crippen LogP contribution in [-0.4, -0.2) is 44.5 Å². The molecule has 2 N–H and O–H groups in total. The van der Waals surface area contributed by atoms with Crippen molar-refractivity contribution in [3.05, 3.63) is 42.1 Å². The van der Waals surface area contributed by atoms with Crippen LogP contribution in [0.2, 0.25) is 0 Å². The van der Waals surface area contributed by atoms with E-state index in [2.05, 4.69) is 32.6 Å². The first-order chi connectivity index (χ1) is 12.6. The van der Waals surface area contributed by atoms with Gasteiger partial charge < -0.3 is 9.88 Å². The maximum atomic E-state index is 11.3. The van der Waals surface area contributed by atoms with Crippen LogP contribution in [0.1, 0.15) is 18.4 Å². The summed E-state index contributed by atoms with van der Waals surface area (Å²) in [5.41, 5.74) is 4.20. The maximum Gasteiger partial charge on any atom is 0.138 e. The molecule has 3 heterocycles. The lowest BCUT2D eigenvalue weighted by molar-refractivity contribution is 0.471. The number of benzene rings is 1. The molecular formula is C19H23N5OS. The van der Waals surface area contributed by atoms with E-state index in [1.165, 1.54) is 0 Å². The van der Waals surface area contributed by atoms with Crippen molar-refractivity contribution in [1.82, 2.24) is 19.7 Å². The van der Waals surface area contributed by atoms with Crippen LogP contribution in [0.25, 0.3) is 22.4 Å². The number of nitrogens with one attached hydrogen (secondary N) is 2. The summed E-state index contributed by atoms with van der Waals surface area (Å²) in [6.45, 7) is 3.88. The first-order valence-electron chi connectivity index (χ1n) is 8.86. The Morgan fingerprint density at radius 1 is 1.27 bits per heavy atom. The van der Waals surface area contributed by atoms with Gasteiger partial charge in [-0.3, -0.25) is 0 Å². The smallest absolute Gasteiger partial charge is 0.138 e. The number of anilines is 1. The van der Waals surface area contributed by atoms with Crippen molar-refractivity contribution in [3.63, 3.8) is 0 Å². The zero-order valence-electron chi connectivity index (χ0n) is 15.0. The monoisotopic (exact) mass is 369 g/mol. The fourth-order valence-corrected chi connectivity index (χ4v) is 4.19. The van der Waals surface area contributed by atoms with Crippen LogP contribution >= 0.6 is 0 Å². The predicted octanol–water partition coefficient (Wildman–Crippen LogP) is 2.79. The molecule has 0 bridgehead atoms. The van der Waals surface area contributed by atoms with Gasteiger partial charge in [-0.2, -0.15) is 0 Å². The minimum absolute atomic E-state index is 0.317. The number of aromatic nitrogens is 3. The Bertz CT molecular complexity index is 913. The third-order valence-corrected chi connectivity index (χ3v) is 5.55. The lowest BCUT2D eigenvalue weighted by Gasteiger charge is -2.33. The van der Waals surface area contributed by atoms with Crippen LogP contribution in [0, 0.1) is 6.92 Å². The van der Waals surface area contributed by atoms with E-state index >= 15 is 0 Å². The van der Waals surface area contributed by atoms with Crippen molar-refractivity contribution < 1.29 is 4.21 Å². The van der Waals surface area contributed by atoms with Crippen molar-refractivity contribution in [3.8, 4) is 11.4 Å². The normalized spacial score (nSPS) is 16.9. The van der Waals surface area contributed by atoms with Gasteiger partial charge in [-0.15, -0.1) is 0 Å². The van der Waals surface area contributed by atoms with E-state index in [0.717, 1.165) is 59.7 Å². The molecule has 6 nitrogen and oxygen atoms in total. The molecule has 0 saturated carbocycles. The van der Waals surface area contributed by atoms with E-state index in [0.29, 0.717) is 6.04 Å². The number of rotatable bonds is 4. The second-order valence-corrected chi connectivity index (χ2v) is 7.94. The van der Waals surface area contributed by atoms with Crippen LogP contribution in [0.5, 0.6) is 0 Å². The number of para-hydroxylation sites is 2. The molecule has 0 radical (unpaired) electrons. The fourth-order valence-electron chi connectivity index (χ4n) is 3.48. The average Bonchev–Trinajstić information content (AvgIpc) is 3.06. The molecule has 0 spiro atoms. The van der Waals surface area contributed by atoms with Gasteiger partial charge in [-0.1, -0.05) is 12.1 Å². The summed E-state index contributed by atoms with van der Waals surface area (Å²) in [7, 11) is -0.955. The molecule has 136 valence electrons. The highest BCUT2D eigenvalue weighted by Crippen LogP contribution is 2.27. The summed E-state index contributed by atoms with van der Waals surface area (Å²) in [6, 6.07) is 10.5. The molecule has 1 unspecified atom stereocenters. The Balaban J connectivity index is 1.58. The number of fused-ring (bicyclic) bond motifs is 1. The van der Waals surface area contributed by atoms with Crippen molar-refractivity contribution in [2.75, 3.05) is 24.2 Å². The van der Waals surface area contributed by atoms with Crippen molar-refractivity contribution in [2.45, 2.75) is 25.8 Å². The number of hydrogen-bond donors (Lipinski definition) is 2. The molecular weight excluding hydrogens is 346 g/mol. The van der Waals surface area contributed by atoms with E-state index in [-0.39, 0.29) is 0 Å². The zero-order valence-corrected chi connectivity index (χ0v) is 15.8. The highest BCUT2D eigenvalue weighted by atomic mass is 32.2. The summed E-state index contributed by atoms with van der Waals surface area (Å²) in [4.78, 5) is 15.1. The third-order valence-electron chi connectivity index (χ3n) is 4.88. The van der Waals surface area contributed by atoms with Gasteiger partial charge in [0.25, 0.3) is 0 Å². The Labute approximate surface area is 155 Å². The third kappa shape index (κ3) is 3.50. The number of piperidine rings is 1. The van der Waals surface area contributed by atoms with Crippen LogP contribution in [0.3, 0.4) is 0 Å². The van der Waals surface area contributed by atoms with Crippen molar-refractivity contribution in [2.24, 2.45) is 0 Å². The molecule has 0 aliphatic carbocycles. The largest absolute Gasteiger partial charge is 0.356 e. The Kier molecular flexibility index (Phi) is 4.74. The highest BCUT2D eigenvalue weighted by molar-refractivity contribution is 7.82. The summed E-state index contributed by atoms with van der Waals surface area (Å²) >= 11 is 0. The molecule has 26 heavy (non-hydrogen) atoms. The van der Waals surface area contributed by atoms with E-state index in [1.807, 2.05) is 30.5 Å². The van der Waals surface area contributed by atoms with Crippen LogP contribution in [0.4, 0.5) is 5.82 Å². The zero-order chi connectivity index (χ0) is 18.1. The van der Waals surface area contributed by atoms with Gasteiger partial charge in [0.15, 0.2) is 0 Å². The molecule has 3 aromatic rings. The number of pyridine rings is 1. The van der Waals surface area contributed by atoms with E-state index in [4.69, 9.17) is 4.98 Å². The molecule has 1 aliphatic rings. The van der Waals surface area contributed by atoms with Crippen molar-refractivity contribution >= 4 is 27.8 Å². The van der Waals surface area contributed by atoms with Crippen molar-refractivity contribution in [1.29, 1.82) is 0 Å². The van der Waals surface area contributed by atoms with Gasteiger partial charge in [-0.05, 0) is 43.5 Å². The molecule has 1 aromatic carbocycles. The van der Waals surface area contributed by atoms with E-state index in [9.17, 15) is 4.21 Å². The van der Waals surface area contributed by atoms with Crippen LogP contribution in [-0.2, 0) is 11.0 Å². The Hall–Kier alpha value is -2.25. The molecule has 1 atom stereocenters. The van der Waals surface area contributed by atoms with Crippen LogP contribution in [0.15, 0.2) is 36.5 Å². The number of aromatic amines is 1. The number of nitrogens with zero attached hydrogens (tertiary/aromatic N) is 3. The molecule has 2 aromatic heterocycles. The first kappa shape index (κ1) is 17.2. The summed E-state index contributed by atoms with van der Waals surface area (Å²) in [5.74, 6) is 1.85. The fraction of sp³-hybridized carbons (Fsp3) is 0.368. The van der Waals surface area contributed by atoms with Gasteiger partial charge in [0, 0.05) is 37.1 Å². The van der Waals surface area contributed by atoms with Crippen LogP contribution < -0.4 is 9.62 Å². The summed E-state index contributed by atoms with van der Waals surface area (Å²) in [6.07, 6.45) is 5.54. The minimum Gasteiger partial charge on any atom is -0.356 e. The second kappa shape index (κ2) is 7.17. The SMILES string of the molecule is Cc1cnc(N2CCC(NS(C)=O)CC2)cc1-c1nc2ccccc2[nH]1. The standard InChI is InChI=1S/C19H23N5OS/c1-13-12-20-18(24-9-7-14(8-10-24)23-26(2)25)11-15(13)19-21-16-5-3-4-6-17(16)22-19/h3-6,11-12,14,23H,7-10H2,1-2H3,(H,21,22). The summed E-state index contributed by atoms with van der Waals surface area (Å²) < 4.78 is 14.5. The van der Waals surface area contributed by atoms with Gasteiger partial charge in [0.1, 0.15) is 11.6 Å². The molecule has 4 rings (SSSR count). The summed E-state index contributed by atoms with van der Waals surface area (Å²) in [5, 5.41) is 0. The average molecular weight is 369 g/mol. The second-order valence-electron chi connectivity index (χ2n) is 6.79. The Morgan fingerprint density at radius 3 is 2.77 bits per heavy atom. The number of aryl methyl sites for hydroxylation is 1. The van der Waals surface area contributed by atoms with Gasteiger partial charge in [0.05, 0.1) is 22.0 Å². The van der Waals surface area contributed by atoms with Gasteiger partial charge in [0.2, 0.25) is 0 Å². The van der Waals surface area contributed by atoms with E-state index < -0.39 is 11.0 Å². The topological polar surface area (TPSA) is 73.9 Å². The highest BCUT2D eigenvalue weighted by Gasteiger charge is 2.21. The quantitative estimate of drug-likeness (QED) is 0.742. The molecule has 0 amide bonds. The molecule has 1 fully saturated rings. The molecule has 1 saturated heterocycles. The van der Waals surface area contributed by atoms with E-state index in [1.54, 1.807) is 6.26 Å². The minimum atomic E-state index is -0.955. The van der Waals surface area contributed by atoms with Gasteiger partial charge in [-0.25, -0.2) is 18.9 Å². The number of H-pyrrole nitrogens is 1. The maximum absolute atomic E-state index is 11.3. The Morgan fingerprint density at radius 2 is 2.04 bits per heavy atom. The molecule has 7 heteroatoms. The first-order valence-corrected chi connectivity index (χ1v) is 10.4. The lowest BCUT2D eigenvalue weighted by Crippen LogP contribution is -2.43. The predicted molar refractivity (Wildman–Crippen MR) is 106 cm³/mol. The number of hydrogen-bond acceptors (Lipinski definition) is 4.